The Morgan fingerprint density at radius 3 is 2.52 bits per heavy atom. The van der Waals surface area contributed by atoms with Crippen LogP contribution in [0.5, 0.6) is 11.5 Å². The van der Waals surface area contributed by atoms with Gasteiger partial charge in [-0.1, -0.05) is 24.3 Å². The molecule has 2 heterocycles. The fourth-order valence-electron chi connectivity index (χ4n) is 3.34. The van der Waals surface area contributed by atoms with E-state index in [1.165, 1.54) is 5.56 Å². The van der Waals surface area contributed by atoms with Gasteiger partial charge >= 0.3 is 0 Å². The van der Waals surface area contributed by atoms with E-state index in [9.17, 15) is 4.79 Å². The van der Waals surface area contributed by atoms with Crippen molar-refractivity contribution < 1.29 is 9.47 Å². The minimum atomic E-state index is 0.0213. The van der Waals surface area contributed by atoms with Crippen LogP contribution in [-0.2, 0) is 13.0 Å². The first-order chi connectivity index (χ1) is 11.2. The lowest BCUT2D eigenvalue weighted by Crippen LogP contribution is -2.26. The van der Waals surface area contributed by atoms with Crippen LogP contribution in [0.2, 0.25) is 0 Å². The second kappa shape index (κ2) is 5.16. The Labute approximate surface area is 133 Å². The summed E-state index contributed by atoms with van der Waals surface area (Å²) in [6.45, 7) is 0.704. The van der Waals surface area contributed by atoms with Crippen LogP contribution in [0.25, 0.3) is 22.0 Å². The van der Waals surface area contributed by atoms with Crippen molar-refractivity contribution in [2.45, 2.75) is 13.0 Å². The van der Waals surface area contributed by atoms with Crippen LogP contribution >= 0.6 is 0 Å². The molecule has 0 fully saturated rings. The van der Waals surface area contributed by atoms with Crippen molar-refractivity contribution >= 4 is 10.8 Å². The van der Waals surface area contributed by atoms with E-state index in [4.69, 9.17) is 9.47 Å². The average Bonchev–Trinajstić information content (AvgIpc) is 2.60. The zero-order valence-electron chi connectivity index (χ0n) is 13.1. The number of aryl methyl sites for hydroxylation is 1. The van der Waals surface area contributed by atoms with Crippen LogP contribution in [-0.4, -0.2) is 18.8 Å². The first kappa shape index (κ1) is 13.9. The first-order valence-corrected chi connectivity index (χ1v) is 7.61. The second-order valence-electron chi connectivity index (χ2n) is 5.69. The van der Waals surface area contributed by atoms with Crippen LogP contribution in [0.15, 0.2) is 47.3 Å². The van der Waals surface area contributed by atoms with E-state index in [0.29, 0.717) is 23.4 Å². The summed E-state index contributed by atoms with van der Waals surface area (Å²) in [5, 5.41) is 1.53. The van der Waals surface area contributed by atoms with Gasteiger partial charge in [0, 0.05) is 12.1 Å². The van der Waals surface area contributed by atoms with Crippen LogP contribution in [0.3, 0.4) is 0 Å². The van der Waals surface area contributed by atoms with Gasteiger partial charge in [0.15, 0.2) is 11.5 Å². The summed E-state index contributed by atoms with van der Waals surface area (Å²) in [6.07, 6.45) is 0.877. The Kier molecular flexibility index (Phi) is 3.11. The number of hydrogen-bond acceptors (Lipinski definition) is 3. The Hall–Kier alpha value is -2.75. The van der Waals surface area contributed by atoms with Gasteiger partial charge < -0.3 is 14.0 Å². The van der Waals surface area contributed by atoms with Gasteiger partial charge in [-0.2, -0.15) is 0 Å². The van der Waals surface area contributed by atoms with Crippen molar-refractivity contribution in [2.24, 2.45) is 0 Å². The predicted octanol–water partition coefficient (Wildman–Crippen LogP) is 3.24. The monoisotopic (exact) mass is 307 g/mol. The topological polar surface area (TPSA) is 40.5 Å². The van der Waals surface area contributed by atoms with Gasteiger partial charge in [-0.3, -0.25) is 4.79 Å². The number of benzene rings is 2. The molecule has 0 radical (unpaired) electrons. The number of methoxy groups -OCH3 is 2. The minimum Gasteiger partial charge on any atom is -0.493 e. The van der Waals surface area contributed by atoms with E-state index in [-0.39, 0.29) is 5.56 Å². The molecule has 3 aromatic rings. The molecule has 1 aliphatic heterocycles. The molecular weight excluding hydrogens is 290 g/mol. The molecule has 4 rings (SSSR count). The molecule has 116 valence electrons. The number of nitrogens with zero attached hydrogens (tertiary/aromatic N) is 1. The maximum absolute atomic E-state index is 12.9. The summed E-state index contributed by atoms with van der Waals surface area (Å²) in [7, 11) is 3.18. The molecule has 0 atom stereocenters. The van der Waals surface area contributed by atoms with Crippen LogP contribution in [0.1, 0.15) is 5.56 Å². The van der Waals surface area contributed by atoms with Gasteiger partial charge in [0.05, 0.1) is 25.3 Å². The fraction of sp³-hybridized carbons (Fsp3) is 0.211. The number of aromatic nitrogens is 1. The molecule has 0 aliphatic carbocycles. The quantitative estimate of drug-likeness (QED) is 0.730. The van der Waals surface area contributed by atoms with E-state index in [0.717, 1.165) is 23.1 Å². The lowest BCUT2D eigenvalue weighted by molar-refractivity contribution is 0.356. The molecular formula is C19H17NO3. The lowest BCUT2D eigenvalue weighted by Gasteiger charge is -2.22. The van der Waals surface area contributed by atoms with Crippen molar-refractivity contribution in [3.63, 3.8) is 0 Å². The zero-order valence-corrected chi connectivity index (χ0v) is 13.1. The van der Waals surface area contributed by atoms with Crippen molar-refractivity contribution in [3.05, 3.63) is 58.4 Å². The molecule has 23 heavy (non-hydrogen) atoms. The Morgan fingerprint density at radius 1 is 1.00 bits per heavy atom. The van der Waals surface area contributed by atoms with Crippen LogP contribution in [0.4, 0.5) is 0 Å². The number of ether oxygens (including phenoxy) is 2. The minimum absolute atomic E-state index is 0.0213. The lowest BCUT2D eigenvalue weighted by atomic mass is 9.96. The number of hydrogen-bond donors (Lipinski definition) is 0. The second-order valence-corrected chi connectivity index (χ2v) is 5.69. The third kappa shape index (κ3) is 2.02. The molecule has 0 unspecified atom stereocenters. The smallest absolute Gasteiger partial charge is 0.259 e. The average molecular weight is 307 g/mol. The molecule has 2 aromatic carbocycles. The van der Waals surface area contributed by atoms with Gasteiger partial charge in [0.2, 0.25) is 0 Å². The summed E-state index contributed by atoms with van der Waals surface area (Å²) >= 11 is 0. The van der Waals surface area contributed by atoms with Gasteiger partial charge in [-0.15, -0.1) is 0 Å². The Bertz CT molecular complexity index is 972. The van der Waals surface area contributed by atoms with E-state index < -0.39 is 0 Å². The maximum Gasteiger partial charge on any atom is 0.259 e. The highest BCUT2D eigenvalue weighted by Gasteiger charge is 2.19. The van der Waals surface area contributed by atoms with Gasteiger partial charge in [0.25, 0.3) is 5.56 Å². The Balaban J connectivity index is 2.07. The van der Waals surface area contributed by atoms with Crippen molar-refractivity contribution in [1.29, 1.82) is 0 Å². The molecule has 0 amide bonds. The molecule has 1 aliphatic rings. The molecule has 1 aromatic heterocycles. The summed E-state index contributed by atoms with van der Waals surface area (Å²) in [6, 6.07) is 14.0. The molecule has 0 saturated carbocycles. The molecule has 0 bridgehead atoms. The third-order valence-corrected chi connectivity index (χ3v) is 4.51. The first-order valence-electron chi connectivity index (χ1n) is 7.61. The SMILES string of the molecule is COc1cc2cc3n(c(=O)c2cc1OC)CCc1ccccc1-3. The molecule has 4 nitrogen and oxygen atoms in total. The standard InChI is InChI=1S/C19H17NO3/c1-22-17-10-13-9-16-14-6-4-3-5-12(14)7-8-20(16)19(21)15(13)11-18(17)23-2/h3-6,9-11H,7-8H2,1-2H3. The normalized spacial score (nSPS) is 12.6. The summed E-state index contributed by atoms with van der Waals surface area (Å²) in [5.74, 6) is 1.21. The van der Waals surface area contributed by atoms with Crippen molar-refractivity contribution in [3.8, 4) is 22.8 Å². The highest BCUT2D eigenvalue weighted by molar-refractivity contribution is 5.89. The van der Waals surface area contributed by atoms with Gasteiger partial charge in [-0.25, -0.2) is 0 Å². The highest BCUT2D eigenvalue weighted by atomic mass is 16.5. The molecule has 0 saturated heterocycles. The molecule has 0 spiro atoms. The maximum atomic E-state index is 12.9. The van der Waals surface area contributed by atoms with Crippen molar-refractivity contribution in [1.82, 2.24) is 4.57 Å². The molecule has 0 N–H and O–H groups in total. The highest BCUT2D eigenvalue weighted by Crippen LogP contribution is 2.34. The third-order valence-electron chi connectivity index (χ3n) is 4.51. The number of pyridine rings is 1. The van der Waals surface area contributed by atoms with Crippen molar-refractivity contribution in [2.75, 3.05) is 14.2 Å². The predicted molar refractivity (Wildman–Crippen MR) is 90.5 cm³/mol. The van der Waals surface area contributed by atoms with Gasteiger partial charge in [-0.05, 0) is 35.6 Å². The van der Waals surface area contributed by atoms with Crippen LogP contribution in [0, 0.1) is 0 Å². The summed E-state index contributed by atoms with van der Waals surface area (Å²) < 4.78 is 12.5. The zero-order chi connectivity index (χ0) is 16.0. The van der Waals surface area contributed by atoms with E-state index >= 15 is 0 Å². The van der Waals surface area contributed by atoms with Crippen LogP contribution < -0.4 is 15.0 Å². The Morgan fingerprint density at radius 2 is 1.74 bits per heavy atom. The number of fused-ring (bicyclic) bond motifs is 4. The molecule has 4 heteroatoms. The van der Waals surface area contributed by atoms with E-state index in [1.807, 2.05) is 22.8 Å². The largest absolute Gasteiger partial charge is 0.493 e. The van der Waals surface area contributed by atoms with Gasteiger partial charge in [0.1, 0.15) is 0 Å². The van der Waals surface area contributed by atoms with E-state index in [1.54, 1.807) is 20.3 Å². The summed E-state index contributed by atoms with van der Waals surface area (Å²) in [5.41, 5.74) is 3.41. The number of rotatable bonds is 2. The van der Waals surface area contributed by atoms with E-state index in [2.05, 4.69) is 18.2 Å². The fourth-order valence-corrected chi connectivity index (χ4v) is 3.34. The summed E-state index contributed by atoms with van der Waals surface area (Å²) in [4.78, 5) is 12.9.